The van der Waals surface area contributed by atoms with Crippen molar-refractivity contribution in [3.05, 3.63) is 113 Å². The van der Waals surface area contributed by atoms with Crippen molar-refractivity contribution >= 4 is 5.91 Å². The normalized spacial score (nSPS) is 10.8. The van der Waals surface area contributed by atoms with E-state index in [1.807, 2.05) is 54.6 Å². The number of hydrogen-bond acceptors (Lipinski definition) is 4. The van der Waals surface area contributed by atoms with E-state index >= 15 is 0 Å². The standard InChI is InChI=1S/C26H23FN2O3/c1-18-24(25(29-32-18)22-11-13-23(27)14-12-22)26(30)28-15-19-7-9-21(10-8-19)17-31-16-20-5-3-2-4-6-20/h2-14H,15-17H2,1H3,(H,28,30). The Balaban J connectivity index is 1.33. The fraction of sp³-hybridized carbons (Fsp3) is 0.154. The number of aryl methyl sites for hydroxylation is 1. The first-order chi connectivity index (χ1) is 15.6. The van der Waals surface area contributed by atoms with Gasteiger partial charge in [0.25, 0.3) is 5.91 Å². The Hall–Kier alpha value is -3.77. The van der Waals surface area contributed by atoms with Crippen LogP contribution in [0.2, 0.25) is 0 Å². The third-order valence-electron chi connectivity index (χ3n) is 5.06. The second kappa shape index (κ2) is 10.0. The summed E-state index contributed by atoms with van der Waals surface area (Å²) in [5.74, 6) is -0.236. The van der Waals surface area contributed by atoms with Gasteiger partial charge in [0.1, 0.15) is 22.8 Å². The Morgan fingerprint density at radius 2 is 1.53 bits per heavy atom. The minimum Gasteiger partial charge on any atom is -0.372 e. The lowest BCUT2D eigenvalue weighted by molar-refractivity contribution is 0.0950. The van der Waals surface area contributed by atoms with Crippen molar-refractivity contribution in [2.24, 2.45) is 0 Å². The average molecular weight is 430 g/mol. The van der Waals surface area contributed by atoms with Crippen LogP contribution in [-0.4, -0.2) is 11.1 Å². The molecule has 0 aliphatic heterocycles. The number of ether oxygens (including phenoxy) is 1. The molecule has 162 valence electrons. The summed E-state index contributed by atoms with van der Waals surface area (Å²) >= 11 is 0. The number of rotatable bonds is 8. The van der Waals surface area contributed by atoms with Gasteiger partial charge in [-0.05, 0) is 47.9 Å². The maximum atomic E-state index is 13.2. The average Bonchev–Trinajstić information content (AvgIpc) is 3.21. The van der Waals surface area contributed by atoms with Crippen LogP contribution >= 0.6 is 0 Å². The number of amides is 1. The van der Waals surface area contributed by atoms with Crippen LogP contribution in [0.25, 0.3) is 11.3 Å². The van der Waals surface area contributed by atoms with E-state index in [0.717, 1.165) is 16.7 Å². The van der Waals surface area contributed by atoms with E-state index in [4.69, 9.17) is 9.26 Å². The molecule has 0 radical (unpaired) electrons. The van der Waals surface area contributed by atoms with E-state index in [-0.39, 0.29) is 11.7 Å². The highest BCUT2D eigenvalue weighted by molar-refractivity contribution is 6.00. The highest BCUT2D eigenvalue weighted by Crippen LogP contribution is 2.25. The van der Waals surface area contributed by atoms with Gasteiger partial charge in [0, 0.05) is 12.1 Å². The molecule has 4 rings (SSSR count). The number of carbonyl (C=O) groups is 1. The lowest BCUT2D eigenvalue weighted by Crippen LogP contribution is -2.23. The zero-order valence-corrected chi connectivity index (χ0v) is 17.7. The molecule has 0 aliphatic carbocycles. The molecule has 0 fully saturated rings. The lowest BCUT2D eigenvalue weighted by atomic mass is 10.1. The Bertz CT molecular complexity index is 1170. The number of carbonyl (C=O) groups excluding carboxylic acids is 1. The molecule has 0 bridgehead atoms. The molecule has 1 N–H and O–H groups in total. The Kier molecular flexibility index (Phi) is 6.72. The highest BCUT2D eigenvalue weighted by Gasteiger charge is 2.21. The number of halogens is 1. The molecule has 4 aromatic rings. The van der Waals surface area contributed by atoms with Gasteiger partial charge < -0.3 is 14.6 Å². The van der Waals surface area contributed by atoms with E-state index < -0.39 is 0 Å². The van der Waals surface area contributed by atoms with Crippen LogP contribution in [0.3, 0.4) is 0 Å². The van der Waals surface area contributed by atoms with Crippen molar-refractivity contribution in [3.63, 3.8) is 0 Å². The predicted octanol–water partition coefficient (Wildman–Crippen LogP) is 5.44. The maximum absolute atomic E-state index is 13.2. The van der Waals surface area contributed by atoms with E-state index in [0.29, 0.717) is 42.3 Å². The molecule has 1 heterocycles. The molecule has 1 aromatic heterocycles. The molecule has 0 atom stereocenters. The van der Waals surface area contributed by atoms with Gasteiger partial charge in [-0.25, -0.2) is 4.39 Å². The topological polar surface area (TPSA) is 64.4 Å². The quantitative estimate of drug-likeness (QED) is 0.405. The van der Waals surface area contributed by atoms with Gasteiger partial charge in [0.15, 0.2) is 0 Å². The van der Waals surface area contributed by atoms with Crippen molar-refractivity contribution < 1.29 is 18.4 Å². The van der Waals surface area contributed by atoms with Gasteiger partial charge in [-0.2, -0.15) is 0 Å². The Labute approximate surface area is 185 Å². The molecule has 0 saturated carbocycles. The zero-order chi connectivity index (χ0) is 22.3. The van der Waals surface area contributed by atoms with Crippen LogP contribution < -0.4 is 5.32 Å². The molecule has 0 spiro atoms. The molecule has 0 unspecified atom stereocenters. The number of nitrogens with zero attached hydrogens (tertiary/aromatic N) is 1. The minimum absolute atomic E-state index is 0.293. The minimum atomic E-state index is -0.353. The molecule has 32 heavy (non-hydrogen) atoms. The van der Waals surface area contributed by atoms with Crippen LogP contribution in [0.4, 0.5) is 4.39 Å². The van der Waals surface area contributed by atoms with E-state index in [1.165, 1.54) is 12.1 Å². The van der Waals surface area contributed by atoms with Crippen LogP contribution in [0, 0.1) is 12.7 Å². The third-order valence-corrected chi connectivity index (χ3v) is 5.06. The SMILES string of the molecule is Cc1onc(-c2ccc(F)cc2)c1C(=O)NCc1ccc(COCc2ccccc2)cc1. The summed E-state index contributed by atoms with van der Waals surface area (Å²) in [5.41, 5.74) is 4.52. The van der Waals surface area contributed by atoms with Gasteiger partial charge in [-0.1, -0.05) is 59.8 Å². The Morgan fingerprint density at radius 1 is 0.906 bits per heavy atom. The van der Waals surface area contributed by atoms with Crippen LogP contribution in [0.5, 0.6) is 0 Å². The van der Waals surface area contributed by atoms with Crippen LogP contribution in [0.15, 0.2) is 83.4 Å². The Morgan fingerprint density at radius 3 is 2.22 bits per heavy atom. The fourth-order valence-corrected chi connectivity index (χ4v) is 3.33. The maximum Gasteiger partial charge on any atom is 0.257 e. The third kappa shape index (κ3) is 5.28. The molecule has 1 amide bonds. The number of benzene rings is 3. The first-order valence-electron chi connectivity index (χ1n) is 10.3. The monoisotopic (exact) mass is 430 g/mol. The van der Waals surface area contributed by atoms with Crippen molar-refractivity contribution in [2.45, 2.75) is 26.7 Å². The lowest BCUT2D eigenvalue weighted by Gasteiger charge is -2.08. The van der Waals surface area contributed by atoms with E-state index in [1.54, 1.807) is 19.1 Å². The molecular formula is C26H23FN2O3. The number of aromatic nitrogens is 1. The van der Waals surface area contributed by atoms with E-state index in [2.05, 4.69) is 10.5 Å². The molecular weight excluding hydrogens is 407 g/mol. The van der Waals surface area contributed by atoms with Crippen molar-refractivity contribution in [3.8, 4) is 11.3 Å². The summed E-state index contributed by atoms with van der Waals surface area (Å²) in [5, 5.41) is 6.89. The van der Waals surface area contributed by atoms with Crippen LogP contribution in [0.1, 0.15) is 32.8 Å². The molecule has 5 nitrogen and oxygen atoms in total. The summed E-state index contributed by atoms with van der Waals surface area (Å²) in [4.78, 5) is 12.8. The molecule has 3 aromatic carbocycles. The van der Waals surface area contributed by atoms with Crippen molar-refractivity contribution in [2.75, 3.05) is 0 Å². The summed E-state index contributed by atoms with van der Waals surface area (Å²) in [6.07, 6.45) is 0. The molecule has 6 heteroatoms. The van der Waals surface area contributed by atoms with Crippen molar-refractivity contribution in [1.29, 1.82) is 0 Å². The van der Waals surface area contributed by atoms with Gasteiger partial charge in [-0.3, -0.25) is 4.79 Å². The van der Waals surface area contributed by atoms with Crippen LogP contribution in [-0.2, 0) is 24.5 Å². The number of nitrogens with one attached hydrogen (secondary N) is 1. The smallest absolute Gasteiger partial charge is 0.257 e. The highest BCUT2D eigenvalue weighted by atomic mass is 19.1. The van der Waals surface area contributed by atoms with E-state index in [9.17, 15) is 9.18 Å². The van der Waals surface area contributed by atoms with Gasteiger partial charge in [0.05, 0.1) is 13.2 Å². The molecule has 0 saturated heterocycles. The van der Waals surface area contributed by atoms with Gasteiger partial charge in [-0.15, -0.1) is 0 Å². The fourth-order valence-electron chi connectivity index (χ4n) is 3.33. The first-order valence-corrected chi connectivity index (χ1v) is 10.3. The predicted molar refractivity (Wildman–Crippen MR) is 119 cm³/mol. The largest absolute Gasteiger partial charge is 0.372 e. The van der Waals surface area contributed by atoms with Gasteiger partial charge in [0.2, 0.25) is 0 Å². The second-order valence-corrected chi connectivity index (χ2v) is 7.45. The molecule has 0 aliphatic rings. The van der Waals surface area contributed by atoms with Crippen molar-refractivity contribution in [1.82, 2.24) is 10.5 Å². The summed E-state index contributed by atoms with van der Waals surface area (Å²) in [6, 6.07) is 23.7. The summed E-state index contributed by atoms with van der Waals surface area (Å²) in [7, 11) is 0. The summed E-state index contributed by atoms with van der Waals surface area (Å²) < 4.78 is 24.2. The number of hydrogen-bond donors (Lipinski definition) is 1. The summed E-state index contributed by atoms with van der Waals surface area (Å²) in [6.45, 7) is 3.12. The van der Waals surface area contributed by atoms with Gasteiger partial charge >= 0.3 is 0 Å². The first kappa shape index (κ1) is 21.5. The second-order valence-electron chi connectivity index (χ2n) is 7.45. The zero-order valence-electron chi connectivity index (χ0n) is 17.7.